The fraction of sp³-hybridized carbons (Fsp3) is 0.143. The number of carbonyl (C=O) groups is 3. The van der Waals surface area contributed by atoms with Crippen molar-refractivity contribution in [3.05, 3.63) is 77.9 Å². The second kappa shape index (κ2) is 11.0. The summed E-state index contributed by atoms with van der Waals surface area (Å²) in [5, 5.41) is 21.1. The van der Waals surface area contributed by atoms with Gasteiger partial charge in [0.1, 0.15) is 17.2 Å². The lowest BCUT2D eigenvalue weighted by molar-refractivity contribution is -0.119. The highest BCUT2D eigenvalue weighted by Crippen LogP contribution is 2.29. The number of rotatable bonds is 3. The Morgan fingerprint density at radius 1 is 1.07 bits per heavy atom. The minimum Gasteiger partial charge on any atom is -0.506 e. The van der Waals surface area contributed by atoms with Crippen molar-refractivity contribution < 1.29 is 24.2 Å². The number of H-pyrrole nitrogens is 1. The van der Waals surface area contributed by atoms with Gasteiger partial charge in [0.2, 0.25) is 0 Å². The number of nitrogens with zero attached hydrogens (tertiary/aromatic N) is 4. The third-order valence-electron chi connectivity index (χ3n) is 6.12. The molecular formula is C28H23N7O5. The quantitative estimate of drug-likeness (QED) is 0.228. The van der Waals surface area contributed by atoms with E-state index in [0.717, 1.165) is 16.9 Å². The van der Waals surface area contributed by atoms with Crippen molar-refractivity contribution in [2.24, 2.45) is 0 Å². The number of methoxy groups -OCH3 is 1. The van der Waals surface area contributed by atoms with Crippen LogP contribution in [0.2, 0.25) is 0 Å². The Balaban J connectivity index is 0.000000207. The van der Waals surface area contributed by atoms with Crippen LogP contribution in [0.1, 0.15) is 21.5 Å². The lowest BCUT2D eigenvalue weighted by atomic mass is 10.1. The smallest absolute Gasteiger partial charge is 0.322 e. The van der Waals surface area contributed by atoms with E-state index in [-0.39, 0.29) is 11.7 Å². The first-order chi connectivity index (χ1) is 19.3. The van der Waals surface area contributed by atoms with Crippen LogP contribution in [0.3, 0.4) is 0 Å². The Morgan fingerprint density at radius 2 is 1.93 bits per heavy atom. The molecule has 4 N–H and O–H groups in total. The molecule has 1 saturated heterocycles. The maximum absolute atomic E-state index is 11.5. The summed E-state index contributed by atoms with van der Waals surface area (Å²) >= 11 is 0. The van der Waals surface area contributed by atoms with Crippen LogP contribution < -0.4 is 15.4 Å². The first-order valence-electron chi connectivity index (χ1n) is 12.0. The molecule has 2 aliphatic heterocycles. The number of carbonyl (C=O) groups excluding carboxylic acids is 3. The normalized spacial score (nSPS) is 15.3. The molecule has 40 heavy (non-hydrogen) atoms. The van der Waals surface area contributed by atoms with Gasteiger partial charge < -0.3 is 20.1 Å². The molecule has 0 aliphatic carbocycles. The van der Waals surface area contributed by atoms with Gasteiger partial charge >= 0.3 is 6.03 Å². The van der Waals surface area contributed by atoms with Gasteiger partial charge in [0.05, 0.1) is 19.0 Å². The van der Waals surface area contributed by atoms with E-state index in [2.05, 4.69) is 42.6 Å². The monoisotopic (exact) mass is 537 g/mol. The largest absolute Gasteiger partial charge is 0.506 e. The van der Waals surface area contributed by atoms with Crippen molar-refractivity contribution in [3.8, 4) is 45.9 Å². The number of nitrogens with one attached hydrogen (secondary N) is 3. The molecule has 0 radical (unpaired) electrons. The van der Waals surface area contributed by atoms with E-state index in [1.807, 2.05) is 12.1 Å². The SMILES string of the molecule is COc1ccc2c(c1)C(=O)N(C)C2.O=C1NC(=O)C(C#Cc2cncc(-c3ccc(O)c(-c4cn[nH]c4)n3)c2)N1. The summed E-state index contributed by atoms with van der Waals surface area (Å²) in [5.74, 6) is 5.88. The first-order valence-corrected chi connectivity index (χ1v) is 12.0. The number of aromatic amines is 1. The fourth-order valence-corrected chi connectivity index (χ4v) is 4.08. The summed E-state index contributed by atoms with van der Waals surface area (Å²) in [4.78, 5) is 44.5. The number of benzene rings is 1. The Hall–Kier alpha value is -5.70. The van der Waals surface area contributed by atoms with E-state index >= 15 is 0 Å². The number of amides is 4. The van der Waals surface area contributed by atoms with E-state index in [1.54, 1.807) is 68.1 Å². The van der Waals surface area contributed by atoms with Gasteiger partial charge in [-0.05, 0) is 35.9 Å². The molecule has 4 amide bonds. The first kappa shape index (κ1) is 25.9. The molecule has 200 valence electrons. The van der Waals surface area contributed by atoms with Crippen molar-refractivity contribution >= 4 is 17.8 Å². The second-order valence-electron chi connectivity index (χ2n) is 8.86. The third-order valence-corrected chi connectivity index (χ3v) is 6.12. The van der Waals surface area contributed by atoms with Crippen LogP contribution in [0.4, 0.5) is 4.79 Å². The molecule has 5 heterocycles. The topological polar surface area (TPSA) is 162 Å². The predicted molar refractivity (Wildman–Crippen MR) is 143 cm³/mol. The summed E-state index contributed by atoms with van der Waals surface area (Å²) in [6, 6.07) is 9.13. The highest BCUT2D eigenvalue weighted by atomic mass is 16.5. The number of hydrogen-bond acceptors (Lipinski definition) is 8. The zero-order valence-corrected chi connectivity index (χ0v) is 21.4. The highest BCUT2D eigenvalue weighted by Gasteiger charge is 2.27. The van der Waals surface area contributed by atoms with Gasteiger partial charge in [-0.15, -0.1) is 0 Å². The number of aromatic nitrogens is 4. The maximum Gasteiger partial charge on any atom is 0.322 e. The Morgan fingerprint density at radius 3 is 2.65 bits per heavy atom. The third kappa shape index (κ3) is 5.44. The molecule has 3 aromatic heterocycles. The maximum atomic E-state index is 11.5. The number of aromatic hydroxyl groups is 1. The zero-order chi connectivity index (χ0) is 28.2. The lowest BCUT2D eigenvalue weighted by Gasteiger charge is -2.06. The standard InChI is InChI=1S/C18H12N6O3.C10H11NO2/c25-15-4-3-13(22-16(15)12-8-20-21-9-12)11-5-10(6-19-7-11)1-2-14-17(26)24-18(27)23-14;1-11-6-7-3-4-8(13-2)5-9(7)10(11)12/h3-9,14,25H,(H,20,21)(H2,23,24,26,27);3-5H,6H2,1-2H3. The van der Waals surface area contributed by atoms with Crippen LogP contribution in [0, 0.1) is 11.8 Å². The Labute approximate surface area is 228 Å². The minimum atomic E-state index is -0.888. The molecular weight excluding hydrogens is 514 g/mol. The number of ether oxygens (including phenoxy) is 1. The van der Waals surface area contributed by atoms with E-state index in [0.29, 0.717) is 34.6 Å². The van der Waals surface area contributed by atoms with Crippen LogP contribution in [-0.2, 0) is 11.3 Å². The molecule has 0 saturated carbocycles. The van der Waals surface area contributed by atoms with Crippen molar-refractivity contribution in [2.75, 3.05) is 14.2 Å². The second-order valence-corrected chi connectivity index (χ2v) is 8.86. The van der Waals surface area contributed by atoms with Crippen LogP contribution in [-0.4, -0.2) is 68.2 Å². The van der Waals surface area contributed by atoms with Crippen LogP contribution in [0.15, 0.2) is 61.2 Å². The Kier molecular flexibility index (Phi) is 7.10. The van der Waals surface area contributed by atoms with Crippen LogP contribution in [0.25, 0.3) is 22.5 Å². The van der Waals surface area contributed by atoms with Gasteiger partial charge in [0.15, 0.2) is 6.04 Å². The average Bonchev–Trinajstić information content (AvgIpc) is 3.68. The summed E-state index contributed by atoms with van der Waals surface area (Å²) in [7, 11) is 3.40. The van der Waals surface area contributed by atoms with Gasteiger partial charge in [0.25, 0.3) is 11.8 Å². The predicted octanol–water partition coefficient (Wildman–Crippen LogP) is 2.08. The van der Waals surface area contributed by atoms with Gasteiger partial charge in [-0.1, -0.05) is 17.9 Å². The lowest BCUT2D eigenvalue weighted by Crippen LogP contribution is -2.26. The molecule has 1 atom stereocenters. The molecule has 2 aliphatic rings. The van der Waals surface area contributed by atoms with Crippen molar-refractivity contribution in [2.45, 2.75) is 12.6 Å². The molecule has 1 fully saturated rings. The molecule has 0 bridgehead atoms. The minimum absolute atomic E-state index is 0.0343. The Bertz CT molecular complexity index is 1670. The number of hydrogen-bond donors (Lipinski definition) is 4. The number of imide groups is 1. The number of urea groups is 1. The summed E-state index contributed by atoms with van der Waals surface area (Å²) < 4.78 is 5.05. The average molecular weight is 538 g/mol. The summed E-state index contributed by atoms with van der Waals surface area (Å²) in [6.07, 6.45) is 6.36. The molecule has 6 rings (SSSR count). The number of pyridine rings is 2. The molecule has 4 aromatic rings. The van der Waals surface area contributed by atoms with Crippen molar-refractivity contribution in [1.29, 1.82) is 0 Å². The highest BCUT2D eigenvalue weighted by molar-refractivity contribution is 6.05. The van der Waals surface area contributed by atoms with E-state index in [4.69, 9.17) is 4.74 Å². The van der Waals surface area contributed by atoms with Crippen molar-refractivity contribution in [1.82, 2.24) is 35.7 Å². The zero-order valence-electron chi connectivity index (χ0n) is 21.4. The molecule has 12 heteroatoms. The summed E-state index contributed by atoms with van der Waals surface area (Å²) in [5.41, 5.74) is 4.72. The molecule has 1 aromatic carbocycles. The van der Waals surface area contributed by atoms with Gasteiger partial charge in [0, 0.05) is 54.4 Å². The van der Waals surface area contributed by atoms with E-state index < -0.39 is 18.0 Å². The molecule has 12 nitrogen and oxygen atoms in total. The van der Waals surface area contributed by atoms with E-state index in [9.17, 15) is 19.5 Å². The fourth-order valence-electron chi connectivity index (χ4n) is 4.08. The van der Waals surface area contributed by atoms with Crippen molar-refractivity contribution in [3.63, 3.8) is 0 Å². The summed E-state index contributed by atoms with van der Waals surface area (Å²) in [6.45, 7) is 0.707. The van der Waals surface area contributed by atoms with Gasteiger partial charge in [-0.2, -0.15) is 5.10 Å². The molecule has 0 spiro atoms. The van der Waals surface area contributed by atoms with E-state index in [1.165, 1.54) is 0 Å². The number of fused-ring (bicyclic) bond motifs is 1. The van der Waals surface area contributed by atoms with Crippen LogP contribution >= 0.6 is 0 Å². The molecule has 1 unspecified atom stereocenters. The van der Waals surface area contributed by atoms with Gasteiger partial charge in [-0.3, -0.25) is 25.0 Å². The van der Waals surface area contributed by atoms with Gasteiger partial charge in [-0.25, -0.2) is 9.78 Å². The van der Waals surface area contributed by atoms with Crippen LogP contribution in [0.5, 0.6) is 11.5 Å².